The molecule has 0 bridgehead atoms. The van der Waals surface area contributed by atoms with Gasteiger partial charge in [0.05, 0.1) is 0 Å². The van der Waals surface area contributed by atoms with Crippen molar-refractivity contribution in [3.8, 4) is 0 Å². The van der Waals surface area contributed by atoms with Crippen molar-refractivity contribution in [3.63, 3.8) is 0 Å². The molecule has 8 nitrogen and oxygen atoms in total. The van der Waals surface area contributed by atoms with Gasteiger partial charge in [-0.25, -0.2) is 0 Å². The molecule has 3 amide bonds. The maximum atomic E-state index is 13.3. The van der Waals surface area contributed by atoms with E-state index in [-0.39, 0.29) is 29.7 Å². The summed E-state index contributed by atoms with van der Waals surface area (Å²) in [5.41, 5.74) is 8.40. The third kappa shape index (κ3) is 3.87. The Morgan fingerprint density at radius 3 is 2.70 bits per heavy atom. The lowest BCUT2D eigenvalue weighted by atomic mass is 9.95. The van der Waals surface area contributed by atoms with Crippen LogP contribution in [-0.4, -0.2) is 76.7 Å². The van der Waals surface area contributed by atoms with Crippen molar-refractivity contribution in [2.45, 2.75) is 51.4 Å². The van der Waals surface area contributed by atoms with Crippen LogP contribution in [0, 0.1) is 0 Å². The number of piperidine rings is 1. The highest BCUT2D eigenvalue weighted by Crippen LogP contribution is 2.32. The molecule has 30 heavy (non-hydrogen) atoms. The first-order chi connectivity index (χ1) is 14.3. The quantitative estimate of drug-likeness (QED) is 0.674. The van der Waals surface area contributed by atoms with Crippen LogP contribution in [0.2, 0.25) is 0 Å². The molecule has 3 aliphatic heterocycles. The van der Waals surface area contributed by atoms with Gasteiger partial charge in [-0.15, -0.1) is 0 Å². The summed E-state index contributed by atoms with van der Waals surface area (Å²) in [4.78, 5) is 43.5. The summed E-state index contributed by atoms with van der Waals surface area (Å²) in [5.74, 6) is -0.738. The van der Waals surface area contributed by atoms with E-state index in [0.717, 1.165) is 42.9 Å². The molecule has 4 rings (SSSR count). The monoisotopic (exact) mass is 413 g/mol. The molecule has 1 aromatic rings. The second kappa shape index (κ2) is 8.09. The Morgan fingerprint density at radius 1 is 1.20 bits per heavy atom. The zero-order valence-corrected chi connectivity index (χ0v) is 17.8. The molecule has 0 aliphatic carbocycles. The topological polar surface area (TPSA) is 99.0 Å². The van der Waals surface area contributed by atoms with E-state index in [1.54, 1.807) is 4.90 Å². The summed E-state index contributed by atoms with van der Waals surface area (Å²) < 4.78 is 0. The third-order valence-electron chi connectivity index (χ3n) is 6.60. The van der Waals surface area contributed by atoms with Crippen molar-refractivity contribution >= 4 is 17.7 Å². The van der Waals surface area contributed by atoms with Gasteiger partial charge in [0.15, 0.2) is 0 Å². The van der Waals surface area contributed by atoms with Gasteiger partial charge in [-0.3, -0.25) is 29.5 Å². The van der Waals surface area contributed by atoms with Crippen molar-refractivity contribution in [2.75, 3.05) is 32.7 Å². The summed E-state index contributed by atoms with van der Waals surface area (Å²) >= 11 is 0. The first kappa shape index (κ1) is 21.0. The fourth-order valence-electron chi connectivity index (χ4n) is 4.98. The predicted octanol–water partition coefficient (Wildman–Crippen LogP) is 0.303. The third-order valence-corrected chi connectivity index (χ3v) is 6.60. The van der Waals surface area contributed by atoms with Crippen molar-refractivity contribution < 1.29 is 14.4 Å². The Kier molecular flexibility index (Phi) is 5.65. The average molecular weight is 414 g/mol. The van der Waals surface area contributed by atoms with Crippen LogP contribution >= 0.6 is 0 Å². The minimum absolute atomic E-state index is 0.0267. The van der Waals surface area contributed by atoms with E-state index in [9.17, 15) is 14.4 Å². The molecule has 3 heterocycles. The van der Waals surface area contributed by atoms with Gasteiger partial charge in [0.25, 0.3) is 5.91 Å². The summed E-state index contributed by atoms with van der Waals surface area (Å²) in [6, 6.07) is 5.40. The SMILES string of the molecule is CC1(C)CN(CCN)CCN1Cc1cccc2c1C(=O)N(C1CCC(=O)NC1=O)C2. The standard InChI is InChI=1S/C22H31N5O3/c1-22(2)14-25(9-8-23)10-11-26(22)12-15-4-3-5-16-13-27(21(30)19(15)16)17-6-7-18(28)24-20(17)29/h3-5,17H,6-14,23H2,1-2H3,(H,24,28,29). The zero-order chi connectivity index (χ0) is 21.5. The van der Waals surface area contributed by atoms with E-state index in [1.165, 1.54) is 0 Å². The van der Waals surface area contributed by atoms with Crippen LogP contribution in [0.3, 0.4) is 0 Å². The van der Waals surface area contributed by atoms with Crippen LogP contribution in [-0.2, 0) is 22.7 Å². The lowest BCUT2D eigenvalue weighted by molar-refractivity contribution is -0.136. The maximum Gasteiger partial charge on any atom is 0.255 e. The summed E-state index contributed by atoms with van der Waals surface area (Å²) in [5, 5.41) is 2.37. The molecule has 1 unspecified atom stereocenters. The average Bonchev–Trinajstić information content (AvgIpc) is 3.01. The molecule has 0 radical (unpaired) electrons. The highest BCUT2D eigenvalue weighted by atomic mass is 16.2. The Bertz CT molecular complexity index is 868. The number of imide groups is 1. The molecule has 3 N–H and O–H groups in total. The summed E-state index contributed by atoms with van der Waals surface area (Å²) in [7, 11) is 0. The van der Waals surface area contributed by atoms with Gasteiger partial charge in [-0.2, -0.15) is 0 Å². The van der Waals surface area contributed by atoms with E-state index >= 15 is 0 Å². The maximum absolute atomic E-state index is 13.3. The molecule has 1 atom stereocenters. The number of carbonyl (C=O) groups excluding carboxylic acids is 3. The van der Waals surface area contributed by atoms with E-state index < -0.39 is 6.04 Å². The second-order valence-corrected chi connectivity index (χ2v) is 9.15. The molecular formula is C22H31N5O3. The fraction of sp³-hybridized carbons (Fsp3) is 0.591. The highest BCUT2D eigenvalue weighted by molar-refractivity contribution is 6.05. The molecule has 2 fully saturated rings. The number of piperazine rings is 1. The predicted molar refractivity (Wildman–Crippen MR) is 112 cm³/mol. The van der Waals surface area contributed by atoms with Crippen LogP contribution in [0.1, 0.15) is 48.2 Å². The number of fused-ring (bicyclic) bond motifs is 1. The van der Waals surface area contributed by atoms with E-state index in [4.69, 9.17) is 5.73 Å². The van der Waals surface area contributed by atoms with Crippen LogP contribution in [0.4, 0.5) is 0 Å². The first-order valence-electron chi connectivity index (χ1n) is 10.7. The van der Waals surface area contributed by atoms with Gasteiger partial charge in [0.2, 0.25) is 11.8 Å². The molecule has 2 saturated heterocycles. The molecular weight excluding hydrogens is 382 g/mol. The molecule has 0 spiro atoms. The van der Waals surface area contributed by atoms with Crippen LogP contribution in [0.25, 0.3) is 0 Å². The summed E-state index contributed by atoms with van der Waals surface area (Å²) in [6.45, 7) is 9.96. The normalized spacial score (nSPS) is 24.8. The van der Waals surface area contributed by atoms with Gasteiger partial charge >= 0.3 is 0 Å². The van der Waals surface area contributed by atoms with E-state index in [2.05, 4.69) is 29.0 Å². The number of nitrogens with one attached hydrogen (secondary N) is 1. The van der Waals surface area contributed by atoms with Gasteiger partial charge in [-0.05, 0) is 31.4 Å². The molecule has 1 aromatic carbocycles. The van der Waals surface area contributed by atoms with E-state index in [1.807, 2.05) is 18.2 Å². The molecule has 162 valence electrons. The van der Waals surface area contributed by atoms with Crippen molar-refractivity contribution in [3.05, 3.63) is 34.9 Å². The largest absolute Gasteiger partial charge is 0.329 e. The minimum Gasteiger partial charge on any atom is -0.329 e. The van der Waals surface area contributed by atoms with Gasteiger partial charge < -0.3 is 10.6 Å². The van der Waals surface area contributed by atoms with E-state index in [0.29, 0.717) is 26.1 Å². The number of benzene rings is 1. The lowest BCUT2D eigenvalue weighted by Gasteiger charge is -2.47. The fourth-order valence-corrected chi connectivity index (χ4v) is 4.98. The van der Waals surface area contributed by atoms with Crippen LogP contribution in [0.5, 0.6) is 0 Å². The van der Waals surface area contributed by atoms with Gasteiger partial charge in [0, 0.05) is 63.3 Å². The zero-order valence-electron chi connectivity index (χ0n) is 17.8. The number of rotatable bonds is 5. The minimum atomic E-state index is -0.577. The molecule has 3 aliphatic rings. The first-order valence-corrected chi connectivity index (χ1v) is 10.7. The lowest BCUT2D eigenvalue weighted by Crippen LogP contribution is -2.59. The van der Waals surface area contributed by atoms with Crippen molar-refractivity contribution in [2.24, 2.45) is 5.73 Å². The Balaban J connectivity index is 1.53. The molecule has 0 saturated carbocycles. The molecule has 8 heteroatoms. The number of hydrogen-bond donors (Lipinski definition) is 2. The second-order valence-electron chi connectivity index (χ2n) is 9.15. The van der Waals surface area contributed by atoms with Crippen LogP contribution in [0.15, 0.2) is 18.2 Å². The van der Waals surface area contributed by atoms with Crippen LogP contribution < -0.4 is 11.1 Å². The number of nitrogens with two attached hydrogens (primary N) is 1. The summed E-state index contributed by atoms with van der Waals surface area (Å²) in [6.07, 6.45) is 0.653. The number of hydrogen-bond acceptors (Lipinski definition) is 6. The van der Waals surface area contributed by atoms with Gasteiger partial charge in [0.1, 0.15) is 6.04 Å². The van der Waals surface area contributed by atoms with Gasteiger partial charge in [-0.1, -0.05) is 18.2 Å². The van der Waals surface area contributed by atoms with Crippen molar-refractivity contribution in [1.82, 2.24) is 20.0 Å². The smallest absolute Gasteiger partial charge is 0.255 e. The Labute approximate surface area is 177 Å². The number of amides is 3. The Morgan fingerprint density at radius 2 is 2.00 bits per heavy atom. The van der Waals surface area contributed by atoms with Crippen molar-refractivity contribution in [1.29, 1.82) is 0 Å². The Hall–Kier alpha value is -2.29. The highest BCUT2D eigenvalue weighted by Gasteiger charge is 2.41. The number of carbonyl (C=O) groups is 3. The number of nitrogens with zero attached hydrogens (tertiary/aromatic N) is 3. The molecule has 0 aromatic heterocycles.